The van der Waals surface area contributed by atoms with Crippen molar-refractivity contribution < 1.29 is 4.74 Å². The first kappa shape index (κ1) is 10.8. The summed E-state index contributed by atoms with van der Waals surface area (Å²) in [5.41, 5.74) is 0. The van der Waals surface area contributed by atoms with E-state index in [9.17, 15) is 0 Å². The van der Waals surface area contributed by atoms with Gasteiger partial charge < -0.3 is 10.1 Å². The standard InChI is InChI=1S/C13H19NOS/c1-9-2-5-11(16-9)6-14-13-8-15-7-12(13)10-3-4-10/h2,5,10,12-14H,3-4,6-8H2,1H3. The van der Waals surface area contributed by atoms with Crippen LogP contribution in [0.2, 0.25) is 0 Å². The molecule has 0 spiro atoms. The minimum absolute atomic E-state index is 0.593. The Morgan fingerprint density at radius 1 is 1.38 bits per heavy atom. The molecule has 1 N–H and O–H groups in total. The molecule has 2 unspecified atom stereocenters. The summed E-state index contributed by atoms with van der Waals surface area (Å²) in [5.74, 6) is 1.73. The number of aryl methyl sites for hydroxylation is 1. The van der Waals surface area contributed by atoms with Crippen LogP contribution in [-0.4, -0.2) is 19.3 Å². The fourth-order valence-corrected chi connectivity index (χ4v) is 3.42. The van der Waals surface area contributed by atoms with Gasteiger partial charge in [0.15, 0.2) is 0 Å². The van der Waals surface area contributed by atoms with Crippen LogP contribution >= 0.6 is 11.3 Å². The molecule has 1 aromatic heterocycles. The highest BCUT2D eigenvalue weighted by Gasteiger charge is 2.39. The Morgan fingerprint density at radius 2 is 2.25 bits per heavy atom. The molecular formula is C13H19NOS. The zero-order valence-corrected chi connectivity index (χ0v) is 10.6. The van der Waals surface area contributed by atoms with E-state index in [-0.39, 0.29) is 0 Å². The maximum atomic E-state index is 5.61. The molecule has 0 amide bonds. The topological polar surface area (TPSA) is 21.3 Å². The third-order valence-corrected chi connectivity index (χ3v) is 4.69. The summed E-state index contributed by atoms with van der Waals surface area (Å²) < 4.78 is 5.61. The van der Waals surface area contributed by atoms with Crippen LogP contribution in [0.1, 0.15) is 22.6 Å². The summed E-state index contributed by atoms with van der Waals surface area (Å²) in [6.45, 7) is 5.06. The Morgan fingerprint density at radius 3 is 2.94 bits per heavy atom. The first-order valence-corrected chi connectivity index (χ1v) is 7.01. The van der Waals surface area contributed by atoms with E-state index in [4.69, 9.17) is 4.74 Å². The second-order valence-electron chi connectivity index (χ2n) is 5.04. The number of nitrogens with one attached hydrogen (secondary N) is 1. The second kappa shape index (κ2) is 4.47. The predicted molar refractivity (Wildman–Crippen MR) is 66.7 cm³/mol. The molecule has 1 saturated carbocycles. The summed E-state index contributed by atoms with van der Waals surface area (Å²) >= 11 is 1.89. The molecule has 88 valence electrons. The zero-order chi connectivity index (χ0) is 11.0. The van der Waals surface area contributed by atoms with Crippen LogP contribution < -0.4 is 5.32 Å². The van der Waals surface area contributed by atoms with E-state index in [2.05, 4.69) is 24.4 Å². The minimum Gasteiger partial charge on any atom is -0.379 e. The number of hydrogen-bond acceptors (Lipinski definition) is 3. The monoisotopic (exact) mass is 237 g/mol. The number of thiophene rings is 1. The Labute approximate surface area is 101 Å². The van der Waals surface area contributed by atoms with Crippen molar-refractivity contribution in [3.8, 4) is 0 Å². The number of rotatable bonds is 4. The van der Waals surface area contributed by atoms with E-state index in [1.807, 2.05) is 11.3 Å². The lowest BCUT2D eigenvalue weighted by Gasteiger charge is -2.17. The molecule has 3 rings (SSSR count). The van der Waals surface area contributed by atoms with E-state index >= 15 is 0 Å². The van der Waals surface area contributed by atoms with E-state index in [0.717, 1.165) is 31.6 Å². The SMILES string of the molecule is Cc1ccc(CNC2COCC2C2CC2)s1. The summed E-state index contributed by atoms with van der Waals surface area (Å²) in [7, 11) is 0. The van der Waals surface area contributed by atoms with Crippen LogP contribution in [0.3, 0.4) is 0 Å². The lowest BCUT2D eigenvalue weighted by molar-refractivity contribution is 0.180. The average Bonchev–Trinajstić information content (AvgIpc) is 2.86. The normalized spacial score (nSPS) is 29.8. The van der Waals surface area contributed by atoms with Gasteiger partial charge >= 0.3 is 0 Å². The van der Waals surface area contributed by atoms with Crippen molar-refractivity contribution in [3.05, 3.63) is 21.9 Å². The van der Waals surface area contributed by atoms with Gasteiger partial charge in [-0.15, -0.1) is 11.3 Å². The average molecular weight is 237 g/mol. The van der Waals surface area contributed by atoms with Crippen LogP contribution in [0.4, 0.5) is 0 Å². The number of hydrogen-bond donors (Lipinski definition) is 1. The van der Waals surface area contributed by atoms with E-state index in [1.165, 1.54) is 22.6 Å². The zero-order valence-electron chi connectivity index (χ0n) is 9.74. The molecule has 1 aliphatic heterocycles. The summed E-state index contributed by atoms with van der Waals surface area (Å²) in [5, 5.41) is 3.67. The minimum atomic E-state index is 0.593. The van der Waals surface area contributed by atoms with Crippen molar-refractivity contribution in [2.24, 2.45) is 11.8 Å². The van der Waals surface area contributed by atoms with Crippen LogP contribution in [-0.2, 0) is 11.3 Å². The van der Waals surface area contributed by atoms with Gasteiger partial charge in [0.05, 0.1) is 13.2 Å². The molecule has 0 aromatic carbocycles. The highest BCUT2D eigenvalue weighted by molar-refractivity contribution is 7.11. The molecule has 2 atom stereocenters. The van der Waals surface area contributed by atoms with Crippen LogP contribution in [0.15, 0.2) is 12.1 Å². The Hall–Kier alpha value is -0.380. The molecule has 0 radical (unpaired) electrons. The van der Waals surface area contributed by atoms with Crippen molar-refractivity contribution in [1.82, 2.24) is 5.32 Å². The van der Waals surface area contributed by atoms with Crippen molar-refractivity contribution >= 4 is 11.3 Å². The maximum Gasteiger partial charge on any atom is 0.0623 e. The van der Waals surface area contributed by atoms with Gasteiger partial charge in [-0.2, -0.15) is 0 Å². The van der Waals surface area contributed by atoms with Crippen molar-refractivity contribution in [2.75, 3.05) is 13.2 Å². The van der Waals surface area contributed by atoms with Crippen LogP contribution in [0.25, 0.3) is 0 Å². The van der Waals surface area contributed by atoms with Crippen molar-refractivity contribution in [1.29, 1.82) is 0 Å². The van der Waals surface area contributed by atoms with Gasteiger partial charge in [-0.25, -0.2) is 0 Å². The van der Waals surface area contributed by atoms with E-state index < -0.39 is 0 Å². The first-order chi connectivity index (χ1) is 7.83. The van der Waals surface area contributed by atoms with Gasteiger partial charge in [-0.1, -0.05) is 0 Å². The Bertz CT molecular complexity index is 359. The molecule has 3 heteroatoms. The Kier molecular flexibility index (Phi) is 3.01. The molecule has 2 aliphatic rings. The first-order valence-electron chi connectivity index (χ1n) is 6.19. The molecule has 2 nitrogen and oxygen atoms in total. The lowest BCUT2D eigenvalue weighted by atomic mass is 9.98. The molecule has 0 bridgehead atoms. The highest BCUT2D eigenvalue weighted by Crippen LogP contribution is 2.40. The fourth-order valence-electron chi connectivity index (χ4n) is 2.58. The largest absolute Gasteiger partial charge is 0.379 e. The molecule has 1 aliphatic carbocycles. The van der Waals surface area contributed by atoms with Gasteiger partial charge in [0.2, 0.25) is 0 Å². The second-order valence-corrected chi connectivity index (χ2v) is 6.41. The smallest absolute Gasteiger partial charge is 0.0623 e. The molecule has 2 fully saturated rings. The third-order valence-electron chi connectivity index (χ3n) is 3.69. The molecule has 2 heterocycles. The van der Waals surface area contributed by atoms with Gasteiger partial charge in [0, 0.05) is 28.3 Å². The highest BCUT2D eigenvalue weighted by atomic mass is 32.1. The quantitative estimate of drug-likeness (QED) is 0.869. The molecule has 16 heavy (non-hydrogen) atoms. The third kappa shape index (κ3) is 2.31. The van der Waals surface area contributed by atoms with Crippen molar-refractivity contribution in [3.63, 3.8) is 0 Å². The summed E-state index contributed by atoms with van der Waals surface area (Å²) in [4.78, 5) is 2.84. The van der Waals surface area contributed by atoms with Crippen LogP contribution in [0.5, 0.6) is 0 Å². The summed E-state index contributed by atoms with van der Waals surface area (Å²) in [6.07, 6.45) is 2.84. The van der Waals surface area contributed by atoms with E-state index in [0.29, 0.717) is 6.04 Å². The molecule has 1 saturated heterocycles. The molecule has 1 aromatic rings. The van der Waals surface area contributed by atoms with Gasteiger partial charge in [0.1, 0.15) is 0 Å². The summed E-state index contributed by atoms with van der Waals surface area (Å²) in [6, 6.07) is 5.02. The maximum absolute atomic E-state index is 5.61. The van der Waals surface area contributed by atoms with Crippen molar-refractivity contribution in [2.45, 2.75) is 32.4 Å². The Balaban J connectivity index is 1.54. The molecular weight excluding hydrogens is 218 g/mol. The lowest BCUT2D eigenvalue weighted by Crippen LogP contribution is -2.35. The van der Waals surface area contributed by atoms with Gasteiger partial charge in [0.25, 0.3) is 0 Å². The van der Waals surface area contributed by atoms with E-state index in [1.54, 1.807) is 0 Å². The van der Waals surface area contributed by atoms with Gasteiger partial charge in [-0.05, 0) is 37.8 Å². The predicted octanol–water partition coefficient (Wildman–Crippen LogP) is 2.57. The van der Waals surface area contributed by atoms with Gasteiger partial charge in [-0.3, -0.25) is 0 Å². The number of ether oxygens (including phenoxy) is 1. The van der Waals surface area contributed by atoms with Crippen LogP contribution in [0, 0.1) is 18.8 Å². The fraction of sp³-hybridized carbons (Fsp3) is 0.692.